The Morgan fingerprint density at radius 2 is 1.83 bits per heavy atom. The number of nitro groups is 1. The second-order valence-electron chi connectivity index (χ2n) is 4.46. The maximum absolute atomic E-state index is 12.8. The maximum Gasteiger partial charge on any atom is 0.416 e. The van der Waals surface area contributed by atoms with Crippen LogP contribution in [-0.2, 0) is 6.18 Å². The van der Waals surface area contributed by atoms with Crippen LogP contribution in [0.25, 0.3) is 0 Å². The molecule has 0 aromatic heterocycles. The first-order valence-electron chi connectivity index (χ1n) is 6.18. The number of nitrogens with zero attached hydrogens (tertiary/aromatic N) is 1. The normalized spacial score (nSPS) is 11.2. The number of ether oxygens (including phenoxy) is 1. The lowest BCUT2D eigenvalue weighted by molar-refractivity contribution is -0.383. The molecule has 0 aliphatic carbocycles. The van der Waals surface area contributed by atoms with Gasteiger partial charge in [-0.05, 0) is 36.4 Å². The van der Waals surface area contributed by atoms with Crippen molar-refractivity contribution in [1.82, 2.24) is 0 Å². The van der Waals surface area contributed by atoms with Gasteiger partial charge in [-0.2, -0.15) is 13.2 Å². The molecule has 0 saturated heterocycles. The molecular formula is C14H10ClF3N2O3. The molecule has 2 aromatic carbocycles. The number of nitrogens with one attached hydrogen (secondary N) is 1. The first kappa shape index (κ1) is 16.9. The summed E-state index contributed by atoms with van der Waals surface area (Å²) < 4.78 is 43.5. The van der Waals surface area contributed by atoms with E-state index in [1.54, 1.807) is 12.1 Å². The Labute approximate surface area is 133 Å². The summed E-state index contributed by atoms with van der Waals surface area (Å²) >= 11 is 5.65. The highest BCUT2D eigenvalue weighted by Crippen LogP contribution is 2.41. The van der Waals surface area contributed by atoms with E-state index >= 15 is 0 Å². The van der Waals surface area contributed by atoms with Crippen molar-refractivity contribution in [2.45, 2.75) is 6.18 Å². The molecule has 0 amide bonds. The lowest BCUT2D eigenvalue weighted by atomic mass is 10.1. The lowest BCUT2D eigenvalue weighted by Gasteiger charge is -2.13. The maximum atomic E-state index is 12.8. The molecule has 0 radical (unpaired) electrons. The molecule has 0 saturated carbocycles. The van der Waals surface area contributed by atoms with Gasteiger partial charge in [-0.15, -0.1) is 0 Å². The standard InChI is InChI=1S/C14H10ClF3N2O3/c1-23-10-4-2-9(3-5-10)19-12-7-8(14(16,17)18)6-11(15)13(12)20(21)22/h2-7,19H,1H3. The second-order valence-corrected chi connectivity index (χ2v) is 4.87. The summed E-state index contributed by atoms with van der Waals surface area (Å²) in [5, 5.41) is 13.1. The van der Waals surface area contributed by atoms with E-state index in [0.717, 1.165) is 0 Å². The largest absolute Gasteiger partial charge is 0.497 e. The quantitative estimate of drug-likeness (QED) is 0.623. The number of hydrogen-bond donors (Lipinski definition) is 1. The molecule has 0 aliphatic heterocycles. The van der Waals surface area contributed by atoms with E-state index in [0.29, 0.717) is 23.6 Å². The van der Waals surface area contributed by atoms with Crippen LogP contribution in [0.1, 0.15) is 5.56 Å². The van der Waals surface area contributed by atoms with E-state index in [1.165, 1.54) is 19.2 Å². The summed E-state index contributed by atoms with van der Waals surface area (Å²) in [7, 11) is 1.46. The van der Waals surface area contributed by atoms with Crippen LogP contribution in [0.5, 0.6) is 5.75 Å². The Morgan fingerprint density at radius 3 is 2.30 bits per heavy atom. The van der Waals surface area contributed by atoms with Gasteiger partial charge in [-0.25, -0.2) is 0 Å². The number of hydrogen-bond acceptors (Lipinski definition) is 4. The monoisotopic (exact) mass is 346 g/mol. The van der Waals surface area contributed by atoms with Crippen LogP contribution in [-0.4, -0.2) is 12.0 Å². The summed E-state index contributed by atoms with van der Waals surface area (Å²) in [6.45, 7) is 0. The van der Waals surface area contributed by atoms with Crippen molar-refractivity contribution in [2.24, 2.45) is 0 Å². The molecule has 1 N–H and O–H groups in total. The molecule has 0 aliphatic rings. The number of anilines is 2. The molecule has 0 atom stereocenters. The fourth-order valence-corrected chi connectivity index (χ4v) is 2.16. The molecule has 2 aromatic rings. The van der Waals surface area contributed by atoms with Crippen molar-refractivity contribution in [1.29, 1.82) is 0 Å². The molecule has 0 unspecified atom stereocenters. The predicted molar refractivity (Wildman–Crippen MR) is 79.4 cm³/mol. The summed E-state index contributed by atoms with van der Waals surface area (Å²) in [5.41, 5.74) is -1.70. The minimum atomic E-state index is -4.67. The van der Waals surface area contributed by atoms with Gasteiger partial charge in [0.2, 0.25) is 0 Å². The van der Waals surface area contributed by atoms with Crippen molar-refractivity contribution < 1.29 is 22.8 Å². The number of alkyl halides is 3. The Kier molecular flexibility index (Phi) is 4.65. The highest BCUT2D eigenvalue weighted by molar-refractivity contribution is 6.33. The molecule has 23 heavy (non-hydrogen) atoms. The van der Waals surface area contributed by atoms with Gasteiger partial charge in [-0.3, -0.25) is 10.1 Å². The molecule has 0 bridgehead atoms. The molecule has 5 nitrogen and oxygen atoms in total. The average Bonchev–Trinajstić information content (AvgIpc) is 2.46. The third kappa shape index (κ3) is 3.84. The van der Waals surface area contributed by atoms with Crippen LogP contribution in [0, 0.1) is 10.1 Å². The van der Waals surface area contributed by atoms with Crippen molar-refractivity contribution >= 4 is 28.7 Å². The second kappa shape index (κ2) is 6.33. The van der Waals surface area contributed by atoms with Crippen LogP contribution in [0.15, 0.2) is 36.4 Å². The minimum absolute atomic E-state index is 0.347. The minimum Gasteiger partial charge on any atom is -0.497 e. The fraction of sp³-hybridized carbons (Fsp3) is 0.143. The highest BCUT2D eigenvalue weighted by atomic mass is 35.5. The number of methoxy groups -OCH3 is 1. The van der Waals surface area contributed by atoms with Crippen LogP contribution in [0.2, 0.25) is 5.02 Å². The average molecular weight is 347 g/mol. The molecular weight excluding hydrogens is 337 g/mol. The predicted octanol–water partition coefficient (Wildman–Crippen LogP) is 5.02. The zero-order valence-electron chi connectivity index (χ0n) is 11.6. The highest BCUT2D eigenvalue weighted by Gasteiger charge is 2.34. The zero-order valence-corrected chi connectivity index (χ0v) is 12.4. The number of benzene rings is 2. The summed E-state index contributed by atoms with van der Waals surface area (Å²) in [6, 6.07) is 7.31. The van der Waals surface area contributed by atoms with E-state index in [4.69, 9.17) is 16.3 Å². The number of rotatable bonds is 4. The van der Waals surface area contributed by atoms with Crippen LogP contribution >= 0.6 is 11.6 Å². The Hall–Kier alpha value is -2.48. The number of halogens is 4. The lowest BCUT2D eigenvalue weighted by Crippen LogP contribution is -2.07. The Balaban J connectivity index is 2.49. The number of nitro benzene ring substituents is 1. The summed E-state index contributed by atoms with van der Waals surface area (Å²) in [6.07, 6.45) is -4.67. The summed E-state index contributed by atoms with van der Waals surface area (Å²) in [4.78, 5) is 10.2. The van der Waals surface area contributed by atoms with E-state index in [-0.39, 0.29) is 5.69 Å². The Morgan fingerprint density at radius 1 is 1.22 bits per heavy atom. The van der Waals surface area contributed by atoms with E-state index in [1.807, 2.05) is 0 Å². The fourth-order valence-electron chi connectivity index (χ4n) is 1.87. The van der Waals surface area contributed by atoms with E-state index in [9.17, 15) is 23.3 Å². The first-order chi connectivity index (χ1) is 10.7. The SMILES string of the molecule is COc1ccc(Nc2cc(C(F)(F)F)cc(Cl)c2[N+](=O)[O-])cc1. The van der Waals surface area contributed by atoms with Gasteiger partial charge in [-0.1, -0.05) is 11.6 Å². The molecule has 122 valence electrons. The van der Waals surface area contributed by atoms with Crippen LogP contribution < -0.4 is 10.1 Å². The smallest absolute Gasteiger partial charge is 0.416 e. The molecule has 0 fully saturated rings. The van der Waals surface area contributed by atoms with Crippen molar-refractivity contribution in [3.05, 3.63) is 57.1 Å². The zero-order chi connectivity index (χ0) is 17.2. The van der Waals surface area contributed by atoms with Crippen molar-refractivity contribution in [3.63, 3.8) is 0 Å². The van der Waals surface area contributed by atoms with Crippen LogP contribution in [0.4, 0.5) is 30.2 Å². The van der Waals surface area contributed by atoms with E-state index < -0.39 is 27.4 Å². The van der Waals surface area contributed by atoms with Gasteiger partial charge in [0, 0.05) is 5.69 Å². The van der Waals surface area contributed by atoms with Gasteiger partial charge in [0.15, 0.2) is 0 Å². The molecule has 0 spiro atoms. The topological polar surface area (TPSA) is 64.4 Å². The van der Waals surface area contributed by atoms with Gasteiger partial charge in [0.1, 0.15) is 16.5 Å². The molecule has 9 heteroatoms. The Bertz CT molecular complexity index is 733. The first-order valence-corrected chi connectivity index (χ1v) is 6.56. The van der Waals surface area contributed by atoms with Crippen molar-refractivity contribution in [2.75, 3.05) is 12.4 Å². The van der Waals surface area contributed by atoms with Crippen molar-refractivity contribution in [3.8, 4) is 5.75 Å². The van der Waals surface area contributed by atoms with Crippen LogP contribution in [0.3, 0.4) is 0 Å². The van der Waals surface area contributed by atoms with Gasteiger partial charge in [0.05, 0.1) is 17.6 Å². The molecule has 0 heterocycles. The van der Waals surface area contributed by atoms with Gasteiger partial charge < -0.3 is 10.1 Å². The summed E-state index contributed by atoms with van der Waals surface area (Å²) in [5.74, 6) is 0.534. The van der Waals surface area contributed by atoms with Gasteiger partial charge in [0.25, 0.3) is 0 Å². The van der Waals surface area contributed by atoms with E-state index in [2.05, 4.69) is 5.32 Å². The third-order valence-electron chi connectivity index (χ3n) is 2.94. The van der Waals surface area contributed by atoms with Gasteiger partial charge >= 0.3 is 11.9 Å². The molecule has 2 rings (SSSR count). The third-order valence-corrected chi connectivity index (χ3v) is 3.23.